The van der Waals surface area contributed by atoms with E-state index < -0.39 is 5.91 Å². The van der Waals surface area contributed by atoms with Crippen molar-refractivity contribution in [2.75, 3.05) is 13.2 Å². The molecule has 0 aliphatic carbocycles. The molecular weight excluding hydrogens is 339 g/mol. The highest BCUT2D eigenvalue weighted by Crippen LogP contribution is 2.30. The Morgan fingerprint density at radius 3 is 2.85 bits per heavy atom. The van der Waals surface area contributed by atoms with E-state index in [0.29, 0.717) is 29.4 Å². The van der Waals surface area contributed by atoms with Gasteiger partial charge in [0.05, 0.1) is 6.54 Å². The van der Waals surface area contributed by atoms with E-state index in [0.717, 1.165) is 0 Å². The molecule has 6 nitrogen and oxygen atoms in total. The first-order valence-electron chi connectivity index (χ1n) is 8.08. The van der Waals surface area contributed by atoms with Crippen molar-refractivity contribution in [2.45, 2.75) is 6.10 Å². The largest absolute Gasteiger partial charge is 0.486 e. The first-order chi connectivity index (χ1) is 12.7. The zero-order valence-electron chi connectivity index (χ0n) is 13.6. The number of carbonyl (C=O) groups excluding carboxylic acids is 1. The SMILES string of the molecule is O=C(NC[C@@H]1COc2ccccc2O1)c1cc(-c2cccc(F)c2)no1. The maximum absolute atomic E-state index is 13.3. The van der Waals surface area contributed by atoms with Crippen molar-refractivity contribution >= 4 is 5.91 Å². The minimum absolute atomic E-state index is 0.0430. The van der Waals surface area contributed by atoms with Gasteiger partial charge in [-0.3, -0.25) is 4.79 Å². The van der Waals surface area contributed by atoms with Crippen molar-refractivity contribution in [3.05, 3.63) is 66.2 Å². The van der Waals surface area contributed by atoms with Crippen molar-refractivity contribution in [1.82, 2.24) is 10.5 Å². The lowest BCUT2D eigenvalue weighted by molar-refractivity contribution is 0.0768. The Balaban J connectivity index is 1.37. The molecule has 2 heterocycles. The van der Waals surface area contributed by atoms with Crippen LogP contribution in [0.3, 0.4) is 0 Å². The molecule has 0 bridgehead atoms. The molecule has 4 rings (SSSR count). The highest BCUT2D eigenvalue weighted by molar-refractivity contribution is 5.92. The summed E-state index contributed by atoms with van der Waals surface area (Å²) >= 11 is 0. The van der Waals surface area contributed by atoms with Crippen LogP contribution < -0.4 is 14.8 Å². The minimum Gasteiger partial charge on any atom is -0.486 e. The summed E-state index contributed by atoms with van der Waals surface area (Å²) < 4.78 is 29.7. The molecule has 1 aliphatic heterocycles. The highest BCUT2D eigenvalue weighted by atomic mass is 19.1. The van der Waals surface area contributed by atoms with Gasteiger partial charge in [0.2, 0.25) is 5.76 Å². The molecule has 26 heavy (non-hydrogen) atoms. The summed E-state index contributed by atoms with van der Waals surface area (Å²) in [5, 5.41) is 6.54. The normalized spacial score (nSPS) is 15.5. The van der Waals surface area contributed by atoms with Gasteiger partial charge in [0.15, 0.2) is 11.5 Å². The number of aromatic nitrogens is 1. The molecular formula is C19H15FN2O4. The number of hydrogen-bond donors (Lipinski definition) is 1. The molecule has 3 aromatic rings. The second-order valence-electron chi connectivity index (χ2n) is 5.79. The van der Waals surface area contributed by atoms with Crippen LogP contribution in [0.2, 0.25) is 0 Å². The molecule has 0 unspecified atom stereocenters. The van der Waals surface area contributed by atoms with Crippen molar-refractivity contribution in [1.29, 1.82) is 0 Å². The van der Waals surface area contributed by atoms with Gasteiger partial charge < -0.3 is 19.3 Å². The van der Waals surface area contributed by atoms with Crippen LogP contribution in [0.1, 0.15) is 10.6 Å². The fourth-order valence-electron chi connectivity index (χ4n) is 2.62. The van der Waals surface area contributed by atoms with Crippen LogP contribution in [0, 0.1) is 5.82 Å². The average molecular weight is 354 g/mol. The molecule has 1 aliphatic rings. The van der Waals surface area contributed by atoms with Crippen LogP contribution in [-0.2, 0) is 0 Å². The van der Waals surface area contributed by atoms with E-state index in [1.54, 1.807) is 12.1 Å². The number of nitrogens with one attached hydrogen (secondary N) is 1. The third-order valence-corrected chi connectivity index (χ3v) is 3.91. The monoisotopic (exact) mass is 354 g/mol. The van der Waals surface area contributed by atoms with E-state index in [1.165, 1.54) is 18.2 Å². The fourth-order valence-corrected chi connectivity index (χ4v) is 2.62. The number of amides is 1. The molecule has 1 amide bonds. The van der Waals surface area contributed by atoms with Crippen molar-refractivity contribution < 1.29 is 23.2 Å². The molecule has 2 aromatic carbocycles. The minimum atomic E-state index is -0.428. The van der Waals surface area contributed by atoms with E-state index in [-0.39, 0.29) is 24.2 Å². The first-order valence-corrected chi connectivity index (χ1v) is 8.08. The number of ether oxygens (including phenoxy) is 2. The van der Waals surface area contributed by atoms with Crippen molar-refractivity contribution in [3.63, 3.8) is 0 Å². The van der Waals surface area contributed by atoms with Crippen LogP contribution in [0.5, 0.6) is 11.5 Å². The van der Waals surface area contributed by atoms with Gasteiger partial charge in [-0.15, -0.1) is 0 Å². The summed E-state index contributed by atoms with van der Waals surface area (Å²) in [4.78, 5) is 12.2. The van der Waals surface area contributed by atoms with Crippen molar-refractivity contribution in [3.8, 4) is 22.8 Å². The number of hydrogen-bond acceptors (Lipinski definition) is 5. The molecule has 0 fully saturated rings. The molecule has 1 atom stereocenters. The predicted molar refractivity (Wildman–Crippen MR) is 90.6 cm³/mol. The average Bonchev–Trinajstić information content (AvgIpc) is 3.16. The Bertz CT molecular complexity index is 941. The highest BCUT2D eigenvalue weighted by Gasteiger charge is 2.22. The number of nitrogens with zero attached hydrogens (tertiary/aromatic N) is 1. The summed E-state index contributed by atoms with van der Waals surface area (Å²) in [5.41, 5.74) is 0.925. The standard InChI is InChI=1S/C19H15FN2O4/c20-13-5-3-4-12(8-13)15-9-18(26-22-15)19(23)21-10-14-11-24-16-6-1-2-7-17(16)25-14/h1-9,14H,10-11H2,(H,21,23)/t14-/m1/s1. The number of para-hydroxylation sites is 2. The van der Waals surface area contributed by atoms with Gasteiger partial charge in [-0.05, 0) is 24.3 Å². The smallest absolute Gasteiger partial charge is 0.290 e. The lowest BCUT2D eigenvalue weighted by Gasteiger charge is -2.26. The first kappa shape index (κ1) is 16.1. The van der Waals surface area contributed by atoms with E-state index in [2.05, 4.69) is 10.5 Å². The molecule has 0 saturated heterocycles. The summed E-state index contributed by atoms with van der Waals surface area (Å²) in [6.45, 7) is 0.589. The Morgan fingerprint density at radius 2 is 2.00 bits per heavy atom. The predicted octanol–water partition coefficient (Wildman–Crippen LogP) is 3.05. The van der Waals surface area contributed by atoms with Crippen LogP contribution in [0.15, 0.2) is 59.1 Å². The second kappa shape index (κ2) is 6.87. The maximum atomic E-state index is 13.3. The third kappa shape index (κ3) is 3.37. The zero-order valence-corrected chi connectivity index (χ0v) is 13.6. The summed E-state index contributed by atoms with van der Waals surface area (Å²) in [5.74, 6) is 0.561. The quantitative estimate of drug-likeness (QED) is 0.780. The van der Waals surface area contributed by atoms with Crippen LogP contribution >= 0.6 is 0 Å². The second-order valence-corrected chi connectivity index (χ2v) is 5.79. The number of carbonyl (C=O) groups is 1. The van der Waals surface area contributed by atoms with Gasteiger partial charge in [0, 0.05) is 11.6 Å². The van der Waals surface area contributed by atoms with Crippen LogP contribution in [0.25, 0.3) is 11.3 Å². The topological polar surface area (TPSA) is 73.6 Å². The number of benzene rings is 2. The maximum Gasteiger partial charge on any atom is 0.290 e. The van der Waals surface area contributed by atoms with Crippen molar-refractivity contribution in [2.24, 2.45) is 0 Å². The van der Waals surface area contributed by atoms with Gasteiger partial charge in [0.25, 0.3) is 5.91 Å². The van der Waals surface area contributed by atoms with Crippen LogP contribution in [0.4, 0.5) is 4.39 Å². The number of fused-ring (bicyclic) bond motifs is 1. The van der Waals surface area contributed by atoms with Gasteiger partial charge >= 0.3 is 0 Å². The molecule has 1 N–H and O–H groups in total. The van der Waals surface area contributed by atoms with Crippen LogP contribution in [-0.4, -0.2) is 30.3 Å². The Labute approximate surface area is 148 Å². The third-order valence-electron chi connectivity index (χ3n) is 3.91. The molecule has 7 heteroatoms. The summed E-state index contributed by atoms with van der Waals surface area (Å²) in [7, 11) is 0. The molecule has 1 aromatic heterocycles. The van der Waals surface area contributed by atoms with E-state index in [4.69, 9.17) is 14.0 Å². The fraction of sp³-hybridized carbons (Fsp3) is 0.158. The van der Waals surface area contributed by atoms with Gasteiger partial charge in [-0.2, -0.15) is 0 Å². The number of rotatable bonds is 4. The van der Waals surface area contributed by atoms with E-state index >= 15 is 0 Å². The Hall–Kier alpha value is -3.35. The van der Waals surface area contributed by atoms with Gasteiger partial charge in [0.1, 0.15) is 24.2 Å². The summed E-state index contributed by atoms with van der Waals surface area (Å²) in [6.07, 6.45) is -0.306. The zero-order chi connectivity index (χ0) is 17.9. The van der Waals surface area contributed by atoms with Gasteiger partial charge in [-0.25, -0.2) is 4.39 Å². The summed E-state index contributed by atoms with van der Waals surface area (Å²) in [6, 6.07) is 14.7. The number of halogens is 1. The lowest BCUT2D eigenvalue weighted by atomic mass is 10.1. The molecule has 0 saturated carbocycles. The van der Waals surface area contributed by atoms with E-state index in [9.17, 15) is 9.18 Å². The molecule has 0 radical (unpaired) electrons. The lowest BCUT2D eigenvalue weighted by Crippen LogP contribution is -2.40. The Kier molecular flexibility index (Phi) is 4.27. The molecule has 132 valence electrons. The van der Waals surface area contributed by atoms with Gasteiger partial charge in [-0.1, -0.05) is 29.4 Å². The molecule has 0 spiro atoms. The van der Waals surface area contributed by atoms with E-state index in [1.807, 2.05) is 24.3 Å². The Morgan fingerprint density at radius 1 is 1.15 bits per heavy atom.